The first-order valence-corrected chi connectivity index (χ1v) is 3.20. The number of nitrogens with zero attached hydrogens (tertiary/aromatic N) is 1. The highest BCUT2D eigenvalue weighted by molar-refractivity contribution is 5.89. The number of carboxylic acid groups (broad SMARTS) is 1. The van der Waals surface area contributed by atoms with E-state index in [-0.39, 0.29) is 5.56 Å². The van der Waals surface area contributed by atoms with Gasteiger partial charge in [-0.1, -0.05) is 0 Å². The summed E-state index contributed by atoms with van der Waals surface area (Å²) in [4.78, 5) is 10.4. The molecule has 1 rings (SSSR count). The monoisotopic (exact) mass is 175 g/mol. The van der Waals surface area contributed by atoms with Crippen molar-refractivity contribution >= 4 is 5.97 Å². The second-order valence-corrected chi connectivity index (χ2v) is 2.33. The SMILES string of the molecule is Cn1ccc(C(=O)O)c1C(F)F. The fourth-order valence-electron chi connectivity index (χ4n) is 0.994. The van der Waals surface area contributed by atoms with Gasteiger partial charge in [0.2, 0.25) is 0 Å². The second-order valence-electron chi connectivity index (χ2n) is 2.33. The summed E-state index contributed by atoms with van der Waals surface area (Å²) in [6.07, 6.45) is -1.46. The molecule has 0 fully saturated rings. The average Bonchev–Trinajstić information content (AvgIpc) is 2.30. The summed E-state index contributed by atoms with van der Waals surface area (Å²) in [5.74, 6) is -1.33. The van der Waals surface area contributed by atoms with Gasteiger partial charge in [-0.2, -0.15) is 0 Å². The molecule has 1 N–H and O–H groups in total. The van der Waals surface area contributed by atoms with E-state index in [1.165, 1.54) is 13.2 Å². The number of carbonyl (C=O) groups is 1. The van der Waals surface area contributed by atoms with Gasteiger partial charge in [0.25, 0.3) is 6.43 Å². The summed E-state index contributed by atoms with van der Waals surface area (Å²) in [6, 6.07) is 1.16. The first-order valence-electron chi connectivity index (χ1n) is 3.20. The lowest BCUT2D eigenvalue weighted by Gasteiger charge is -2.02. The number of hydrogen-bond donors (Lipinski definition) is 1. The van der Waals surface area contributed by atoms with Gasteiger partial charge in [0.05, 0.1) is 11.3 Å². The zero-order valence-electron chi connectivity index (χ0n) is 6.29. The van der Waals surface area contributed by atoms with Crippen molar-refractivity contribution < 1.29 is 18.7 Å². The third-order valence-corrected chi connectivity index (χ3v) is 1.56. The predicted octanol–water partition coefficient (Wildman–Crippen LogP) is 1.66. The Morgan fingerprint density at radius 1 is 1.67 bits per heavy atom. The van der Waals surface area contributed by atoms with Gasteiger partial charge < -0.3 is 9.67 Å². The van der Waals surface area contributed by atoms with Gasteiger partial charge in [0, 0.05) is 13.2 Å². The van der Waals surface area contributed by atoms with E-state index in [1.54, 1.807) is 0 Å². The number of aromatic carboxylic acids is 1. The van der Waals surface area contributed by atoms with Crippen LogP contribution in [0.5, 0.6) is 0 Å². The van der Waals surface area contributed by atoms with Crippen molar-refractivity contribution in [3.05, 3.63) is 23.5 Å². The van der Waals surface area contributed by atoms with Crippen LogP contribution in [-0.4, -0.2) is 15.6 Å². The van der Waals surface area contributed by atoms with Crippen molar-refractivity contribution in [2.24, 2.45) is 7.05 Å². The van der Waals surface area contributed by atoms with Crippen molar-refractivity contribution in [3.8, 4) is 0 Å². The maximum absolute atomic E-state index is 12.2. The van der Waals surface area contributed by atoms with Crippen LogP contribution < -0.4 is 0 Å². The van der Waals surface area contributed by atoms with Gasteiger partial charge in [0.15, 0.2) is 0 Å². The molecule has 3 nitrogen and oxygen atoms in total. The topological polar surface area (TPSA) is 42.2 Å². The average molecular weight is 175 g/mol. The quantitative estimate of drug-likeness (QED) is 0.742. The summed E-state index contributed by atoms with van der Waals surface area (Å²) in [6.45, 7) is 0. The Labute approximate surface area is 67.2 Å². The number of carboxylic acids is 1. The zero-order valence-corrected chi connectivity index (χ0v) is 6.29. The van der Waals surface area contributed by atoms with Crippen molar-refractivity contribution in [1.29, 1.82) is 0 Å². The molecule has 1 aromatic rings. The molecule has 12 heavy (non-hydrogen) atoms. The van der Waals surface area contributed by atoms with Crippen LogP contribution in [0.25, 0.3) is 0 Å². The van der Waals surface area contributed by atoms with Crippen molar-refractivity contribution in [2.45, 2.75) is 6.43 Å². The maximum atomic E-state index is 12.2. The summed E-state index contributed by atoms with van der Waals surface area (Å²) < 4.78 is 25.5. The Kier molecular flexibility index (Phi) is 2.12. The largest absolute Gasteiger partial charge is 0.478 e. The predicted molar refractivity (Wildman–Crippen MR) is 37.3 cm³/mol. The third-order valence-electron chi connectivity index (χ3n) is 1.56. The van der Waals surface area contributed by atoms with Gasteiger partial charge in [-0.25, -0.2) is 13.6 Å². The molecule has 0 saturated heterocycles. The molecule has 1 heterocycles. The van der Waals surface area contributed by atoms with Gasteiger partial charge in [-0.15, -0.1) is 0 Å². The molecule has 5 heteroatoms. The van der Waals surface area contributed by atoms with Crippen molar-refractivity contribution in [2.75, 3.05) is 0 Å². The third kappa shape index (κ3) is 1.30. The van der Waals surface area contributed by atoms with Gasteiger partial charge in [0.1, 0.15) is 0 Å². The molecule has 0 aliphatic rings. The van der Waals surface area contributed by atoms with E-state index in [0.717, 1.165) is 10.6 Å². The van der Waals surface area contributed by atoms with Crippen molar-refractivity contribution in [1.82, 2.24) is 4.57 Å². The van der Waals surface area contributed by atoms with Crippen LogP contribution in [0.3, 0.4) is 0 Å². The molecule has 0 saturated carbocycles. The van der Waals surface area contributed by atoms with E-state index in [4.69, 9.17) is 5.11 Å². The van der Waals surface area contributed by atoms with Crippen LogP contribution in [-0.2, 0) is 7.05 Å². The molecule has 0 amide bonds. The van der Waals surface area contributed by atoms with Crippen LogP contribution in [0, 0.1) is 0 Å². The van der Waals surface area contributed by atoms with Gasteiger partial charge in [-0.05, 0) is 6.07 Å². The molecule has 1 aromatic heterocycles. The summed E-state index contributed by atoms with van der Waals surface area (Å²) in [5, 5.41) is 8.48. The Hall–Kier alpha value is -1.39. The molecule has 0 radical (unpaired) electrons. The second kappa shape index (κ2) is 2.92. The van der Waals surface area contributed by atoms with Crippen LogP contribution in [0.2, 0.25) is 0 Å². The minimum atomic E-state index is -2.75. The molecular formula is C7H7F2NO2. The molecule has 0 unspecified atom stereocenters. The highest BCUT2D eigenvalue weighted by Gasteiger charge is 2.20. The minimum absolute atomic E-state index is 0.340. The molecule has 0 aliphatic carbocycles. The number of rotatable bonds is 2. The number of hydrogen-bond acceptors (Lipinski definition) is 1. The lowest BCUT2D eigenvalue weighted by atomic mass is 10.2. The number of alkyl halides is 2. The maximum Gasteiger partial charge on any atom is 0.337 e. The Bertz CT molecular complexity index is 306. The minimum Gasteiger partial charge on any atom is -0.478 e. The van der Waals surface area contributed by atoms with Crippen LogP contribution in [0.15, 0.2) is 12.3 Å². The van der Waals surface area contributed by atoms with E-state index in [1.807, 2.05) is 0 Å². The highest BCUT2D eigenvalue weighted by atomic mass is 19.3. The molecule has 66 valence electrons. The van der Waals surface area contributed by atoms with E-state index < -0.39 is 18.1 Å². The summed E-state index contributed by atoms with van der Waals surface area (Å²) in [7, 11) is 1.38. The fraction of sp³-hybridized carbons (Fsp3) is 0.286. The Balaban J connectivity index is 3.21. The Morgan fingerprint density at radius 2 is 2.25 bits per heavy atom. The van der Waals surface area contributed by atoms with Gasteiger partial charge in [-0.3, -0.25) is 0 Å². The number of halogens is 2. The first kappa shape index (κ1) is 8.70. The molecule has 0 atom stereocenters. The van der Waals surface area contributed by atoms with Crippen LogP contribution in [0.1, 0.15) is 22.5 Å². The smallest absolute Gasteiger partial charge is 0.337 e. The molecule has 0 aromatic carbocycles. The Morgan fingerprint density at radius 3 is 2.58 bits per heavy atom. The van der Waals surface area contributed by atoms with Crippen molar-refractivity contribution in [3.63, 3.8) is 0 Å². The van der Waals surface area contributed by atoms with Crippen LogP contribution in [0.4, 0.5) is 8.78 Å². The standard InChI is InChI=1S/C7H7F2NO2/c1-10-3-2-4(7(11)12)5(10)6(8)9/h2-3,6H,1H3,(H,11,12). The molecule has 0 aliphatic heterocycles. The van der Waals surface area contributed by atoms with E-state index >= 15 is 0 Å². The molecular weight excluding hydrogens is 168 g/mol. The van der Waals surface area contributed by atoms with Crippen LogP contribution >= 0.6 is 0 Å². The number of aryl methyl sites for hydroxylation is 1. The normalized spacial score (nSPS) is 10.7. The van der Waals surface area contributed by atoms with E-state index in [0.29, 0.717) is 0 Å². The summed E-state index contributed by atoms with van der Waals surface area (Å²) >= 11 is 0. The fourth-order valence-corrected chi connectivity index (χ4v) is 0.994. The molecule has 0 bridgehead atoms. The first-order chi connectivity index (χ1) is 5.54. The lowest BCUT2D eigenvalue weighted by Crippen LogP contribution is -2.04. The summed E-state index contributed by atoms with van der Waals surface area (Å²) in [5.41, 5.74) is -0.796. The molecule has 0 spiro atoms. The van der Waals surface area contributed by atoms with E-state index in [2.05, 4.69) is 0 Å². The zero-order chi connectivity index (χ0) is 9.30. The highest BCUT2D eigenvalue weighted by Crippen LogP contribution is 2.23. The number of aromatic nitrogens is 1. The van der Waals surface area contributed by atoms with E-state index in [9.17, 15) is 13.6 Å². The van der Waals surface area contributed by atoms with Gasteiger partial charge >= 0.3 is 5.97 Å². The lowest BCUT2D eigenvalue weighted by molar-refractivity contribution is 0.0682.